The van der Waals surface area contributed by atoms with Gasteiger partial charge in [-0.05, 0) is 35.6 Å². The van der Waals surface area contributed by atoms with Gasteiger partial charge in [0.15, 0.2) is 0 Å². The van der Waals surface area contributed by atoms with Crippen molar-refractivity contribution in [3.8, 4) is 0 Å². The number of para-hydroxylation sites is 1. The van der Waals surface area contributed by atoms with Crippen molar-refractivity contribution < 1.29 is 0 Å². The highest BCUT2D eigenvalue weighted by molar-refractivity contribution is 5.56. The van der Waals surface area contributed by atoms with Crippen molar-refractivity contribution in [3.63, 3.8) is 0 Å². The van der Waals surface area contributed by atoms with E-state index in [1.165, 1.54) is 22.4 Å². The predicted octanol–water partition coefficient (Wildman–Crippen LogP) is 5.05. The van der Waals surface area contributed by atoms with Gasteiger partial charge in [0, 0.05) is 17.6 Å². The Morgan fingerprint density at radius 1 is 0.739 bits per heavy atom. The van der Waals surface area contributed by atoms with Crippen LogP contribution in [0.2, 0.25) is 0 Å². The normalized spacial score (nSPS) is 19.7. The third-order valence-electron chi connectivity index (χ3n) is 4.81. The van der Waals surface area contributed by atoms with Gasteiger partial charge >= 0.3 is 0 Å². The average Bonchev–Trinajstić information content (AvgIpc) is 2.63. The summed E-state index contributed by atoms with van der Waals surface area (Å²) < 4.78 is 0. The quantitative estimate of drug-likeness (QED) is 0.713. The molecule has 0 aromatic heterocycles. The molecule has 23 heavy (non-hydrogen) atoms. The van der Waals surface area contributed by atoms with Crippen molar-refractivity contribution in [2.45, 2.75) is 24.8 Å². The van der Waals surface area contributed by atoms with Crippen LogP contribution in [-0.2, 0) is 12.8 Å². The minimum absolute atomic E-state index is 0.426. The number of fused-ring (bicyclic) bond motifs is 1. The molecule has 0 unspecified atom stereocenters. The zero-order valence-corrected chi connectivity index (χ0v) is 13.2. The van der Waals surface area contributed by atoms with E-state index in [0.29, 0.717) is 12.0 Å². The Hall–Kier alpha value is -2.54. The summed E-state index contributed by atoms with van der Waals surface area (Å²) in [5, 5.41) is 3.79. The number of hydrogen-bond donors (Lipinski definition) is 1. The minimum atomic E-state index is 0.426. The number of benzene rings is 3. The Morgan fingerprint density at radius 3 is 2.17 bits per heavy atom. The molecule has 114 valence electrons. The second-order valence-corrected chi connectivity index (χ2v) is 6.32. The summed E-state index contributed by atoms with van der Waals surface area (Å²) in [6.45, 7) is 0. The van der Waals surface area contributed by atoms with Gasteiger partial charge in [-0.1, -0.05) is 78.9 Å². The Balaban J connectivity index is 1.68. The number of anilines is 1. The van der Waals surface area contributed by atoms with E-state index in [2.05, 4.69) is 90.2 Å². The van der Waals surface area contributed by atoms with Crippen LogP contribution in [0.4, 0.5) is 5.69 Å². The second-order valence-electron chi connectivity index (χ2n) is 6.32. The molecule has 1 heteroatoms. The first-order valence-corrected chi connectivity index (χ1v) is 8.33. The number of rotatable bonds is 3. The fraction of sp³-hybridized carbons (Fsp3) is 0.182. The standard InChI is InChI=1S/C22H21N/c1-3-9-17(10-4-1)15-22-20(18-11-5-2-6-12-18)16-19-13-7-8-14-21(19)23-22/h1-14,20,22-23H,15-16H2/t20-,22+/m0/s1. The maximum Gasteiger partial charge on any atom is 0.0375 e. The third kappa shape index (κ3) is 3.00. The first kappa shape index (κ1) is 14.1. The van der Waals surface area contributed by atoms with Gasteiger partial charge in [-0.3, -0.25) is 0 Å². The molecule has 2 atom stereocenters. The lowest BCUT2D eigenvalue weighted by Crippen LogP contribution is -2.35. The van der Waals surface area contributed by atoms with E-state index in [1.54, 1.807) is 0 Å². The minimum Gasteiger partial charge on any atom is -0.381 e. The molecule has 3 aromatic carbocycles. The molecular weight excluding hydrogens is 278 g/mol. The molecule has 1 aliphatic rings. The largest absolute Gasteiger partial charge is 0.381 e. The molecule has 0 bridgehead atoms. The highest BCUT2D eigenvalue weighted by Crippen LogP contribution is 2.35. The first-order valence-electron chi connectivity index (χ1n) is 8.33. The second kappa shape index (κ2) is 6.29. The lowest BCUT2D eigenvalue weighted by atomic mass is 9.80. The van der Waals surface area contributed by atoms with E-state index >= 15 is 0 Å². The summed E-state index contributed by atoms with van der Waals surface area (Å²) in [4.78, 5) is 0. The van der Waals surface area contributed by atoms with Crippen molar-refractivity contribution in [2.24, 2.45) is 0 Å². The fourth-order valence-electron chi connectivity index (χ4n) is 3.63. The van der Waals surface area contributed by atoms with Crippen LogP contribution >= 0.6 is 0 Å². The predicted molar refractivity (Wildman–Crippen MR) is 96.9 cm³/mol. The molecule has 3 aromatic rings. The first-order chi connectivity index (χ1) is 11.4. The van der Waals surface area contributed by atoms with E-state index in [9.17, 15) is 0 Å². The molecule has 0 spiro atoms. The van der Waals surface area contributed by atoms with Crippen LogP contribution in [-0.4, -0.2) is 6.04 Å². The zero-order chi connectivity index (χ0) is 15.5. The summed E-state index contributed by atoms with van der Waals surface area (Å²) in [6.07, 6.45) is 2.15. The van der Waals surface area contributed by atoms with Gasteiger partial charge in [-0.15, -0.1) is 0 Å². The van der Waals surface area contributed by atoms with Crippen LogP contribution in [0.15, 0.2) is 84.9 Å². The highest BCUT2D eigenvalue weighted by atomic mass is 14.9. The van der Waals surface area contributed by atoms with Gasteiger partial charge in [-0.25, -0.2) is 0 Å². The lowest BCUT2D eigenvalue weighted by Gasteiger charge is -2.35. The molecule has 1 heterocycles. The average molecular weight is 299 g/mol. The van der Waals surface area contributed by atoms with E-state index in [1.807, 2.05) is 0 Å². The van der Waals surface area contributed by atoms with Crippen molar-refractivity contribution in [3.05, 3.63) is 102 Å². The molecule has 1 aliphatic heterocycles. The zero-order valence-electron chi connectivity index (χ0n) is 13.2. The van der Waals surface area contributed by atoms with Gasteiger partial charge in [0.1, 0.15) is 0 Å². The maximum absolute atomic E-state index is 3.79. The number of hydrogen-bond acceptors (Lipinski definition) is 1. The van der Waals surface area contributed by atoms with E-state index < -0.39 is 0 Å². The molecule has 0 radical (unpaired) electrons. The van der Waals surface area contributed by atoms with Crippen molar-refractivity contribution in [1.82, 2.24) is 0 Å². The molecule has 0 saturated carbocycles. The molecule has 0 fully saturated rings. The van der Waals surface area contributed by atoms with E-state index in [-0.39, 0.29) is 0 Å². The highest BCUT2D eigenvalue weighted by Gasteiger charge is 2.29. The summed E-state index contributed by atoms with van der Waals surface area (Å²) in [5.41, 5.74) is 5.53. The van der Waals surface area contributed by atoms with Crippen LogP contribution in [0.5, 0.6) is 0 Å². The smallest absolute Gasteiger partial charge is 0.0375 e. The maximum atomic E-state index is 3.79. The Labute approximate surface area is 138 Å². The summed E-state index contributed by atoms with van der Waals surface area (Å²) in [6, 6.07) is 30.8. The lowest BCUT2D eigenvalue weighted by molar-refractivity contribution is 0.539. The third-order valence-corrected chi connectivity index (χ3v) is 4.81. The molecule has 1 nitrogen and oxygen atoms in total. The molecule has 4 rings (SSSR count). The topological polar surface area (TPSA) is 12.0 Å². The van der Waals surface area contributed by atoms with Crippen LogP contribution in [0, 0.1) is 0 Å². The van der Waals surface area contributed by atoms with Crippen LogP contribution in [0.3, 0.4) is 0 Å². The fourth-order valence-corrected chi connectivity index (χ4v) is 3.63. The van der Waals surface area contributed by atoms with Crippen molar-refractivity contribution in [2.75, 3.05) is 5.32 Å². The molecule has 0 aliphatic carbocycles. The molecule has 0 saturated heterocycles. The summed E-state index contributed by atoms with van der Waals surface area (Å²) in [7, 11) is 0. The van der Waals surface area contributed by atoms with Gasteiger partial charge in [0.05, 0.1) is 0 Å². The van der Waals surface area contributed by atoms with E-state index in [4.69, 9.17) is 0 Å². The van der Waals surface area contributed by atoms with Crippen molar-refractivity contribution >= 4 is 5.69 Å². The van der Waals surface area contributed by atoms with Crippen LogP contribution in [0.25, 0.3) is 0 Å². The van der Waals surface area contributed by atoms with Gasteiger partial charge < -0.3 is 5.32 Å². The van der Waals surface area contributed by atoms with Crippen LogP contribution in [0.1, 0.15) is 22.6 Å². The Bertz CT molecular complexity index is 764. The van der Waals surface area contributed by atoms with Gasteiger partial charge in [0.2, 0.25) is 0 Å². The van der Waals surface area contributed by atoms with Gasteiger partial charge in [0.25, 0.3) is 0 Å². The molecular formula is C22H21N. The summed E-state index contributed by atoms with van der Waals surface area (Å²) >= 11 is 0. The SMILES string of the molecule is c1ccc(C[C@H]2Nc3ccccc3C[C@H]2c2ccccc2)cc1. The van der Waals surface area contributed by atoms with Crippen LogP contribution < -0.4 is 5.32 Å². The number of nitrogens with one attached hydrogen (secondary N) is 1. The monoisotopic (exact) mass is 299 g/mol. The van der Waals surface area contributed by atoms with Gasteiger partial charge in [-0.2, -0.15) is 0 Å². The molecule has 1 N–H and O–H groups in total. The Kier molecular flexibility index (Phi) is 3.85. The summed E-state index contributed by atoms with van der Waals surface area (Å²) in [5.74, 6) is 0.506. The van der Waals surface area contributed by atoms with E-state index in [0.717, 1.165) is 12.8 Å². The Morgan fingerprint density at radius 2 is 1.39 bits per heavy atom. The van der Waals surface area contributed by atoms with Crippen molar-refractivity contribution in [1.29, 1.82) is 0 Å². The molecule has 0 amide bonds.